The Labute approximate surface area is 155 Å². The van der Waals surface area contributed by atoms with Gasteiger partial charge in [-0.05, 0) is 55.0 Å². The summed E-state index contributed by atoms with van der Waals surface area (Å²) >= 11 is 0. The first-order valence-electron chi connectivity index (χ1n) is 8.74. The molecule has 0 radical (unpaired) electrons. The average molecular weight is 352 g/mol. The molecule has 6 nitrogen and oxygen atoms in total. The number of rotatable bonds is 3. The second-order valence-electron chi connectivity index (χ2n) is 6.50. The lowest BCUT2D eigenvalue weighted by molar-refractivity contribution is 0.842. The van der Waals surface area contributed by atoms with Crippen LogP contribution in [-0.4, -0.2) is 29.8 Å². The Bertz CT molecular complexity index is 1270. The normalized spacial score (nSPS) is 11.3. The number of fused-ring (bicyclic) bond motifs is 2. The summed E-state index contributed by atoms with van der Waals surface area (Å²) in [6.07, 6.45) is 4.25. The Kier molecular flexibility index (Phi) is 3.60. The first kappa shape index (κ1) is 15.6. The number of benzene rings is 1. The molecule has 0 aliphatic rings. The molecule has 0 aliphatic carbocycles. The summed E-state index contributed by atoms with van der Waals surface area (Å²) in [4.78, 5) is 8.62. The summed E-state index contributed by atoms with van der Waals surface area (Å²) in [6.45, 7) is 1.97. The van der Waals surface area contributed by atoms with Gasteiger partial charge < -0.3 is 0 Å². The molecule has 0 N–H and O–H groups in total. The van der Waals surface area contributed by atoms with E-state index >= 15 is 0 Å². The number of hydrogen-bond acceptors (Lipinski definition) is 5. The summed E-state index contributed by atoms with van der Waals surface area (Å²) in [5.74, 6) is 0.806. The van der Waals surface area contributed by atoms with E-state index in [9.17, 15) is 0 Å². The van der Waals surface area contributed by atoms with Gasteiger partial charge in [0.15, 0.2) is 11.5 Å². The van der Waals surface area contributed by atoms with Crippen LogP contribution >= 0.6 is 0 Å². The van der Waals surface area contributed by atoms with E-state index < -0.39 is 0 Å². The molecule has 0 aliphatic heterocycles. The Balaban J connectivity index is 1.55. The Morgan fingerprint density at radius 3 is 2.78 bits per heavy atom. The van der Waals surface area contributed by atoms with Gasteiger partial charge in [-0.1, -0.05) is 12.1 Å². The summed E-state index contributed by atoms with van der Waals surface area (Å²) in [6, 6.07) is 18.1. The van der Waals surface area contributed by atoms with E-state index in [2.05, 4.69) is 38.4 Å². The zero-order chi connectivity index (χ0) is 18.2. The number of hydrogen-bond donors (Lipinski definition) is 0. The van der Waals surface area contributed by atoms with E-state index in [1.807, 2.05) is 47.8 Å². The molecule has 5 aromatic rings. The number of aromatic nitrogens is 6. The molecule has 130 valence electrons. The SMILES string of the molecule is Cc1cc(-c2ccc3nnc(Cc4ccc5ncccc5c4)n3n2)ccn1. The maximum atomic E-state index is 4.76. The van der Waals surface area contributed by atoms with Crippen molar-refractivity contribution in [1.29, 1.82) is 0 Å². The smallest absolute Gasteiger partial charge is 0.177 e. The quantitative estimate of drug-likeness (QED) is 0.496. The molecule has 0 amide bonds. The van der Waals surface area contributed by atoms with Crippen LogP contribution in [0.15, 0.2) is 67.0 Å². The third-order valence-corrected chi connectivity index (χ3v) is 4.55. The minimum atomic E-state index is 0.651. The fraction of sp³-hybridized carbons (Fsp3) is 0.0952. The van der Waals surface area contributed by atoms with Gasteiger partial charge in [-0.2, -0.15) is 9.61 Å². The lowest BCUT2D eigenvalue weighted by Crippen LogP contribution is -2.01. The van der Waals surface area contributed by atoms with Crippen LogP contribution in [0, 0.1) is 6.92 Å². The van der Waals surface area contributed by atoms with Crippen LogP contribution in [0.3, 0.4) is 0 Å². The fourth-order valence-corrected chi connectivity index (χ4v) is 3.22. The van der Waals surface area contributed by atoms with Gasteiger partial charge in [0, 0.05) is 35.5 Å². The molecule has 0 atom stereocenters. The molecule has 0 fully saturated rings. The largest absolute Gasteiger partial charge is 0.262 e. The van der Waals surface area contributed by atoms with E-state index in [-0.39, 0.29) is 0 Å². The molecule has 6 heteroatoms. The predicted octanol–water partition coefficient (Wildman–Crippen LogP) is 3.63. The van der Waals surface area contributed by atoms with Crippen LogP contribution in [0.5, 0.6) is 0 Å². The van der Waals surface area contributed by atoms with Crippen molar-refractivity contribution in [3.05, 3.63) is 84.1 Å². The summed E-state index contributed by atoms with van der Waals surface area (Å²) in [5.41, 5.74) is 5.74. The van der Waals surface area contributed by atoms with Crippen molar-refractivity contribution in [2.24, 2.45) is 0 Å². The molecule has 0 saturated heterocycles. The highest BCUT2D eigenvalue weighted by molar-refractivity contribution is 5.79. The van der Waals surface area contributed by atoms with E-state index in [4.69, 9.17) is 5.10 Å². The monoisotopic (exact) mass is 352 g/mol. The summed E-state index contributed by atoms with van der Waals surface area (Å²) in [7, 11) is 0. The van der Waals surface area contributed by atoms with Gasteiger partial charge in [-0.3, -0.25) is 9.97 Å². The molecule has 0 unspecified atom stereocenters. The summed E-state index contributed by atoms with van der Waals surface area (Å²) < 4.78 is 1.82. The maximum absolute atomic E-state index is 4.76. The number of aryl methyl sites for hydroxylation is 1. The molecule has 0 spiro atoms. The van der Waals surface area contributed by atoms with Crippen LogP contribution in [0.25, 0.3) is 27.8 Å². The van der Waals surface area contributed by atoms with Crippen molar-refractivity contribution >= 4 is 16.6 Å². The van der Waals surface area contributed by atoms with Crippen molar-refractivity contribution in [2.75, 3.05) is 0 Å². The van der Waals surface area contributed by atoms with Gasteiger partial charge in [0.1, 0.15) is 0 Å². The van der Waals surface area contributed by atoms with Gasteiger partial charge in [0.25, 0.3) is 0 Å². The Morgan fingerprint density at radius 1 is 0.889 bits per heavy atom. The van der Waals surface area contributed by atoms with Crippen molar-refractivity contribution in [2.45, 2.75) is 13.3 Å². The molecular weight excluding hydrogens is 336 g/mol. The average Bonchev–Trinajstić information content (AvgIpc) is 3.10. The first-order valence-corrected chi connectivity index (χ1v) is 8.74. The van der Waals surface area contributed by atoms with Crippen LogP contribution < -0.4 is 0 Å². The van der Waals surface area contributed by atoms with Crippen molar-refractivity contribution < 1.29 is 0 Å². The highest BCUT2D eigenvalue weighted by Gasteiger charge is 2.10. The summed E-state index contributed by atoms with van der Waals surface area (Å²) in [5, 5.41) is 14.5. The zero-order valence-electron chi connectivity index (χ0n) is 14.7. The predicted molar refractivity (Wildman–Crippen MR) is 103 cm³/mol. The second kappa shape index (κ2) is 6.25. The Morgan fingerprint density at radius 2 is 1.85 bits per heavy atom. The van der Waals surface area contributed by atoms with Crippen LogP contribution in [0.1, 0.15) is 17.1 Å². The first-order chi connectivity index (χ1) is 13.3. The molecule has 27 heavy (non-hydrogen) atoms. The highest BCUT2D eigenvalue weighted by atomic mass is 15.4. The Hall–Kier alpha value is -3.67. The number of pyridine rings is 2. The van der Waals surface area contributed by atoms with Crippen molar-refractivity contribution in [3.8, 4) is 11.3 Å². The van der Waals surface area contributed by atoms with Gasteiger partial charge in [-0.25, -0.2) is 0 Å². The fourth-order valence-electron chi connectivity index (χ4n) is 3.22. The maximum Gasteiger partial charge on any atom is 0.177 e. The number of nitrogens with zero attached hydrogens (tertiary/aromatic N) is 6. The lowest BCUT2D eigenvalue weighted by Gasteiger charge is -2.05. The highest BCUT2D eigenvalue weighted by Crippen LogP contribution is 2.19. The van der Waals surface area contributed by atoms with E-state index in [1.165, 1.54) is 0 Å². The van der Waals surface area contributed by atoms with E-state index in [1.54, 1.807) is 12.4 Å². The third-order valence-electron chi connectivity index (χ3n) is 4.55. The molecule has 0 bridgehead atoms. The third kappa shape index (κ3) is 2.91. The van der Waals surface area contributed by atoms with Crippen molar-refractivity contribution in [1.82, 2.24) is 29.8 Å². The van der Waals surface area contributed by atoms with E-state index in [0.29, 0.717) is 6.42 Å². The van der Waals surface area contributed by atoms with Crippen LogP contribution in [0.4, 0.5) is 0 Å². The molecule has 0 saturated carbocycles. The second-order valence-corrected chi connectivity index (χ2v) is 6.50. The lowest BCUT2D eigenvalue weighted by atomic mass is 10.1. The molecule has 1 aromatic carbocycles. The molecule has 4 aromatic heterocycles. The van der Waals surface area contributed by atoms with Gasteiger partial charge >= 0.3 is 0 Å². The molecule has 5 rings (SSSR count). The zero-order valence-corrected chi connectivity index (χ0v) is 14.7. The topological polar surface area (TPSA) is 68.9 Å². The minimum absolute atomic E-state index is 0.651. The van der Waals surface area contributed by atoms with Crippen LogP contribution in [0.2, 0.25) is 0 Å². The van der Waals surface area contributed by atoms with Gasteiger partial charge in [0.2, 0.25) is 0 Å². The molecular formula is C21H16N6. The minimum Gasteiger partial charge on any atom is -0.262 e. The molecule has 4 heterocycles. The van der Waals surface area contributed by atoms with Gasteiger partial charge in [-0.15, -0.1) is 10.2 Å². The standard InChI is InChI=1S/C21H16N6/c1-14-11-17(8-10-22-14)19-6-7-20-24-25-21(27(20)26-19)13-15-4-5-18-16(12-15)3-2-9-23-18/h2-12H,13H2,1H3. The van der Waals surface area contributed by atoms with Crippen LogP contribution in [-0.2, 0) is 6.42 Å². The van der Waals surface area contributed by atoms with Crippen molar-refractivity contribution in [3.63, 3.8) is 0 Å². The van der Waals surface area contributed by atoms with E-state index in [0.717, 1.165) is 44.9 Å². The van der Waals surface area contributed by atoms with Gasteiger partial charge in [0.05, 0.1) is 11.2 Å².